The van der Waals surface area contributed by atoms with Gasteiger partial charge in [-0.3, -0.25) is 0 Å². The fourth-order valence-corrected chi connectivity index (χ4v) is 1.90. The highest BCUT2D eigenvalue weighted by molar-refractivity contribution is 5.26. The van der Waals surface area contributed by atoms with E-state index in [9.17, 15) is 9.50 Å². The molecule has 0 aliphatic rings. The molecule has 0 aliphatic carbocycles. The standard InChI is InChI=1S/C15H18FN3O/c1-10-8-17-15(18-9-10)19-11(2)7-14(20)12-3-5-13(16)6-4-12/h3-6,8-9,11,14,20H,7H2,1-2H3,(H,17,18,19). The van der Waals surface area contributed by atoms with Gasteiger partial charge >= 0.3 is 0 Å². The minimum Gasteiger partial charge on any atom is -0.388 e. The predicted octanol–water partition coefficient (Wildman–Crippen LogP) is 2.85. The van der Waals surface area contributed by atoms with Crippen molar-refractivity contribution < 1.29 is 9.50 Å². The Hall–Kier alpha value is -2.01. The number of anilines is 1. The van der Waals surface area contributed by atoms with Crippen LogP contribution >= 0.6 is 0 Å². The SMILES string of the molecule is Cc1cnc(NC(C)CC(O)c2ccc(F)cc2)nc1. The average molecular weight is 275 g/mol. The van der Waals surface area contributed by atoms with Crippen molar-refractivity contribution in [3.63, 3.8) is 0 Å². The smallest absolute Gasteiger partial charge is 0.222 e. The van der Waals surface area contributed by atoms with Gasteiger partial charge in [-0.15, -0.1) is 0 Å². The van der Waals surface area contributed by atoms with Crippen LogP contribution in [0.3, 0.4) is 0 Å². The first-order chi connectivity index (χ1) is 9.54. The van der Waals surface area contributed by atoms with Gasteiger partial charge in [0.25, 0.3) is 0 Å². The summed E-state index contributed by atoms with van der Waals surface area (Å²) in [4.78, 5) is 8.31. The Morgan fingerprint density at radius 3 is 2.40 bits per heavy atom. The molecule has 0 amide bonds. The zero-order chi connectivity index (χ0) is 14.5. The molecule has 0 bridgehead atoms. The molecule has 2 N–H and O–H groups in total. The van der Waals surface area contributed by atoms with Crippen LogP contribution < -0.4 is 5.32 Å². The summed E-state index contributed by atoms with van der Waals surface area (Å²) >= 11 is 0. The Morgan fingerprint density at radius 1 is 1.20 bits per heavy atom. The molecule has 20 heavy (non-hydrogen) atoms. The quantitative estimate of drug-likeness (QED) is 0.881. The van der Waals surface area contributed by atoms with Crippen LogP contribution in [0.2, 0.25) is 0 Å². The third-order valence-electron chi connectivity index (χ3n) is 2.99. The maximum atomic E-state index is 12.8. The molecule has 0 saturated carbocycles. The second-order valence-electron chi connectivity index (χ2n) is 4.93. The van der Waals surface area contributed by atoms with Crippen molar-refractivity contribution in [2.24, 2.45) is 0 Å². The number of nitrogens with one attached hydrogen (secondary N) is 1. The summed E-state index contributed by atoms with van der Waals surface area (Å²) in [5, 5.41) is 13.2. The van der Waals surface area contributed by atoms with Crippen LogP contribution in [0.15, 0.2) is 36.7 Å². The number of hydrogen-bond acceptors (Lipinski definition) is 4. The Bertz CT molecular complexity index is 542. The largest absolute Gasteiger partial charge is 0.388 e. The summed E-state index contributed by atoms with van der Waals surface area (Å²) < 4.78 is 12.8. The van der Waals surface area contributed by atoms with Gasteiger partial charge in [0.1, 0.15) is 5.82 Å². The number of halogens is 1. The molecule has 2 aromatic rings. The van der Waals surface area contributed by atoms with Gasteiger partial charge in [0.05, 0.1) is 6.10 Å². The number of aryl methyl sites for hydroxylation is 1. The minimum absolute atomic E-state index is 0.00207. The van der Waals surface area contributed by atoms with Crippen LogP contribution in [0.1, 0.15) is 30.6 Å². The molecule has 0 fully saturated rings. The first kappa shape index (κ1) is 14.4. The van der Waals surface area contributed by atoms with Crippen LogP contribution in [-0.4, -0.2) is 21.1 Å². The highest BCUT2D eigenvalue weighted by Crippen LogP contribution is 2.19. The van der Waals surface area contributed by atoms with Crippen LogP contribution in [0.5, 0.6) is 0 Å². The lowest BCUT2D eigenvalue weighted by Crippen LogP contribution is -2.20. The van der Waals surface area contributed by atoms with Crippen molar-refractivity contribution in [1.82, 2.24) is 9.97 Å². The van der Waals surface area contributed by atoms with Gasteiger partial charge < -0.3 is 10.4 Å². The number of benzene rings is 1. The molecular weight excluding hydrogens is 257 g/mol. The fourth-order valence-electron chi connectivity index (χ4n) is 1.90. The second-order valence-corrected chi connectivity index (χ2v) is 4.93. The van der Waals surface area contributed by atoms with Crippen LogP contribution in [0.25, 0.3) is 0 Å². The molecule has 4 nitrogen and oxygen atoms in total. The molecule has 5 heteroatoms. The number of aromatic nitrogens is 2. The molecule has 2 atom stereocenters. The second kappa shape index (κ2) is 6.43. The van der Waals surface area contributed by atoms with Gasteiger partial charge in [-0.2, -0.15) is 0 Å². The van der Waals surface area contributed by atoms with Gasteiger partial charge in [-0.05, 0) is 43.5 Å². The highest BCUT2D eigenvalue weighted by atomic mass is 19.1. The fraction of sp³-hybridized carbons (Fsp3) is 0.333. The predicted molar refractivity (Wildman–Crippen MR) is 75.8 cm³/mol. The average Bonchev–Trinajstić information content (AvgIpc) is 2.42. The molecule has 2 unspecified atom stereocenters. The topological polar surface area (TPSA) is 58.0 Å². The van der Waals surface area contributed by atoms with Crippen molar-refractivity contribution in [1.29, 1.82) is 0 Å². The lowest BCUT2D eigenvalue weighted by atomic mass is 10.0. The molecule has 0 spiro atoms. The summed E-state index contributed by atoms with van der Waals surface area (Å²) in [6, 6.07) is 5.88. The summed E-state index contributed by atoms with van der Waals surface area (Å²) in [5.74, 6) is 0.231. The van der Waals surface area contributed by atoms with Gasteiger partial charge in [0, 0.05) is 18.4 Å². The number of nitrogens with zero attached hydrogens (tertiary/aromatic N) is 2. The molecule has 0 aliphatic heterocycles. The number of aliphatic hydroxyl groups excluding tert-OH is 1. The van der Waals surface area contributed by atoms with E-state index in [-0.39, 0.29) is 11.9 Å². The van der Waals surface area contributed by atoms with Crippen molar-refractivity contribution in [2.75, 3.05) is 5.32 Å². The molecule has 1 aromatic heterocycles. The zero-order valence-electron chi connectivity index (χ0n) is 11.5. The third kappa shape index (κ3) is 3.99. The van der Waals surface area contributed by atoms with Gasteiger partial charge in [-0.1, -0.05) is 12.1 Å². The van der Waals surface area contributed by atoms with Gasteiger partial charge in [0.15, 0.2) is 0 Å². The van der Waals surface area contributed by atoms with Crippen molar-refractivity contribution in [2.45, 2.75) is 32.4 Å². The molecule has 106 valence electrons. The van der Waals surface area contributed by atoms with E-state index in [2.05, 4.69) is 15.3 Å². The Kier molecular flexibility index (Phi) is 4.63. The summed E-state index contributed by atoms with van der Waals surface area (Å²) in [7, 11) is 0. The molecule has 2 rings (SSSR count). The van der Waals surface area contributed by atoms with E-state index in [1.165, 1.54) is 12.1 Å². The lowest BCUT2D eigenvalue weighted by molar-refractivity contribution is 0.162. The molecule has 0 saturated heterocycles. The van der Waals surface area contributed by atoms with Gasteiger partial charge in [0.2, 0.25) is 5.95 Å². The van der Waals surface area contributed by atoms with E-state index >= 15 is 0 Å². The van der Waals surface area contributed by atoms with E-state index in [1.807, 2.05) is 13.8 Å². The summed E-state index contributed by atoms with van der Waals surface area (Å²) in [6.45, 7) is 3.86. The summed E-state index contributed by atoms with van der Waals surface area (Å²) in [6.07, 6.45) is 3.31. The third-order valence-corrected chi connectivity index (χ3v) is 2.99. The lowest BCUT2D eigenvalue weighted by Gasteiger charge is -2.18. The minimum atomic E-state index is -0.649. The van der Waals surface area contributed by atoms with E-state index in [4.69, 9.17) is 0 Å². The van der Waals surface area contributed by atoms with E-state index in [1.54, 1.807) is 24.5 Å². The zero-order valence-corrected chi connectivity index (χ0v) is 11.5. The van der Waals surface area contributed by atoms with E-state index in [0.29, 0.717) is 17.9 Å². The maximum absolute atomic E-state index is 12.8. The van der Waals surface area contributed by atoms with Crippen LogP contribution in [-0.2, 0) is 0 Å². The number of hydrogen-bond donors (Lipinski definition) is 2. The van der Waals surface area contributed by atoms with Crippen molar-refractivity contribution in [3.8, 4) is 0 Å². The Balaban J connectivity index is 1.92. The molecule has 0 radical (unpaired) electrons. The monoisotopic (exact) mass is 275 g/mol. The molecule has 1 aromatic carbocycles. The first-order valence-corrected chi connectivity index (χ1v) is 6.53. The van der Waals surface area contributed by atoms with Crippen molar-refractivity contribution in [3.05, 3.63) is 53.6 Å². The number of rotatable bonds is 5. The first-order valence-electron chi connectivity index (χ1n) is 6.53. The summed E-state index contributed by atoms with van der Waals surface area (Å²) in [5.41, 5.74) is 1.69. The molecular formula is C15H18FN3O. The van der Waals surface area contributed by atoms with Crippen LogP contribution in [0.4, 0.5) is 10.3 Å². The normalized spacial score (nSPS) is 13.8. The van der Waals surface area contributed by atoms with E-state index < -0.39 is 6.10 Å². The van der Waals surface area contributed by atoms with Gasteiger partial charge in [-0.25, -0.2) is 14.4 Å². The molecule has 1 heterocycles. The van der Waals surface area contributed by atoms with Crippen molar-refractivity contribution >= 4 is 5.95 Å². The van der Waals surface area contributed by atoms with Crippen LogP contribution in [0, 0.1) is 12.7 Å². The maximum Gasteiger partial charge on any atom is 0.222 e. The number of aliphatic hydroxyl groups is 1. The Morgan fingerprint density at radius 2 is 1.80 bits per heavy atom. The van der Waals surface area contributed by atoms with E-state index in [0.717, 1.165) is 5.56 Å². The Labute approximate surface area is 117 Å². The highest BCUT2D eigenvalue weighted by Gasteiger charge is 2.13.